The Kier molecular flexibility index (Phi) is 6.29. The quantitative estimate of drug-likeness (QED) is 0.802. The van der Waals surface area contributed by atoms with E-state index in [0.717, 1.165) is 21.1 Å². The van der Waals surface area contributed by atoms with Gasteiger partial charge in [0.05, 0.1) is 5.69 Å². The molecule has 0 unspecified atom stereocenters. The molecule has 0 saturated heterocycles. The molecule has 1 N–H and O–H groups in total. The minimum atomic E-state index is -1.14. The summed E-state index contributed by atoms with van der Waals surface area (Å²) in [7, 11) is 0. The van der Waals surface area contributed by atoms with E-state index >= 15 is 0 Å². The van der Waals surface area contributed by atoms with Crippen LogP contribution in [0.4, 0.5) is 5.69 Å². The van der Waals surface area contributed by atoms with Gasteiger partial charge in [-0.3, -0.25) is 4.99 Å². The Bertz CT molecular complexity index is 828. The average Bonchev–Trinajstić information content (AvgIpc) is 2.65. The van der Waals surface area contributed by atoms with Gasteiger partial charge in [0.15, 0.2) is 0 Å². The summed E-state index contributed by atoms with van der Waals surface area (Å²) < 4.78 is 0. The van der Waals surface area contributed by atoms with Gasteiger partial charge >= 0.3 is 29.6 Å². The molecule has 0 radical (unpaired) electrons. The summed E-state index contributed by atoms with van der Waals surface area (Å²) in [5, 5.41) is 20.7. The van der Waals surface area contributed by atoms with Crippen molar-refractivity contribution in [1.82, 2.24) is 0 Å². The molecular formula is C18H14NNaO3S. The molecule has 116 valence electrons. The van der Waals surface area contributed by atoms with Gasteiger partial charge in [-0.1, -0.05) is 36.0 Å². The molecule has 1 aliphatic rings. The normalized spacial score (nSPS) is 13.5. The average molecular weight is 347 g/mol. The zero-order valence-electron chi connectivity index (χ0n) is 13.4. The minimum Gasteiger partial charge on any atom is -0.550 e. The number of fused-ring (bicyclic) bond motifs is 1. The number of thioether (sulfide) groups is 1. The van der Waals surface area contributed by atoms with E-state index in [9.17, 15) is 15.0 Å². The molecular weight excluding hydrogens is 333 g/mol. The number of aromatic hydroxyl groups is 1. The SMILES string of the molecule is CC1=Nc2ccccc2SC(c2ccc(O)cc2)=C1CC(=O)[O-].[Na+]. The van der Waals surface area contributed by atoms with Crippen LogP contribution in [0.2, 0.25) is 0 Å². The molecule has 1 aliphatic heterocycles. The number of phenolic OH excluding ortho intramolecular Hbond substituents is 1. The van der Waals surface area contributed by atoms with Crippen LogP contribution in [0.15, 0.2) is 64.0 Å². The molecule has 1 heterocycles. The summed E-state index contributed by atoms with van der Waals surface area (Å²) >= 11 is 1.48. The number of carboxylic acid groups (broad SMARTS) is 1. The molecule has 24 heavy (non-hydrogen) atoms. The molecule has 6 heteroatoms. The second-order valence-electron chi connectivity index (χ2n) is 5.17. The number of hydrogen-bond donors (Lipinski definition) is 1. The molecule has 0 amide bonds. The first-order chi connectivity index (χ1) is 11.0. The van der Waals surface area contributed by atoms with Crippen LogP contribution < -0.4 is 34.7 Å². The number of aliphatic imine (C=N–C) groups is 1. The first-order valence-corrected chi connectivity index (χ1v) is 7.91. The standard InChI is InChI=1S/C18H15NO3S.Na/c1-11-14(10-17(21)22)18(12-6-8-13(20)9-7-12)23-16-5-3-2-4-15(16)19-11;/h2-9,20H,10H2,1H3,(H,21,22);/q;+1/p-1. The van der Waals surface area contributed by atoms with Gasteiger partial charge in [0.25, 0.3) is 0 Å². The molecule has 3 rings (SSSR count). The third-order valence-corrected chi connectivity index (χ3v) is 4.78. The van der Waals surface area contributed by atoms with Crippen LogP contribution in [0.5, 0.6) is 5.75 Å². The Morgan fingerprint density at radius 2 is 1.83 bits per heavy atom. The molecule has 0 bridgehead atoms. The van der Waals surface area contributed by atoms with Gasteiger partial charge in [0.1, 0.15) is 5.75 Å². The second-order valence-corrected chi connectivity index (χ2v) is 6.22. The number of carbonyl (C=O) groups is 1. The largest absolute Gasteiger partial charge is 1.00 e. The van der Waals surface area contributed by atoms with Gasteiger partial charge in [-0.15, -0.1) is 0 Å². The Labute approximate surface area is 166 Å². The van der Waals surface area contributed by atoms with Crippen LogP contribution in [0.3, 0.4) is 0 Å². The van der Waals surface area contributed by atoms with Gasteiger partial charge < -0.3 is 15.0 Å². The van der Waals surface area contributed by atoms with Crippen LogP contribution >= 0.6 is 11.8 Å². The summed E-state index contributed by atoms with van der Waals surface area (Å²) in [6, 6.07) is 14.4. The van der Waals surface area contributed by atoms with Crippen molar-refractivity contribution in [3.8, 4) is 5.75 Å². The zero-order valence-corrected chi connectivity index (χ0v) is 16.3. The molecule has 0 spiro atoms. The van der Waals surface area contributed by atoms with E-state index in [4.69, 9.17) is 0 Å². The first kappa shape index (κ1) is 18.8. The number of benzene rings is 2. The number of carbonyl (C=O) groups excluding carboxylic acids is 1. The Balaban J connectivity index is 0.00000208. The molecule has 2 aromatic carbocycles. The van der Waals surface area contributed by atoms with Crippen molar-refractivity contribution >= 4 is 34.0 Å². The van der Waals surface area contributed by atoms with E-state index in [-0.39, 0.29) is 41.7 Å². The number of aliphatic carboxylic acids is 1. The van der Waals surface area contributed by atoms with Crippen LogP contribution in [0, 0.1) is 0 Å². The van der Waals surface area contributed by atoms with E-state index in [1.807, 2.05) is 24.3 Å². The van der Waals surface area contributed by atoms with Crippen molar-refractivity contribution in [3.05, 3.63) is 59.7 Å². The molecule has 0 atom stereocenters. The van der Waals surface area contributed by atoms with Crippen LogP contribution in [0.1, 0.15) is 18.9 Å². The Morgan fingerprint density at radius 1 is 1.17 bits per heavy atom. The topological polar surface area (TPSA) is 72.7 Å². The molecule has 0 saturated carbocycles. The van der Waals surface area contributed by atoms with Crippen molar-refractivity contribution < 1.29 is 44.6 Å². The van der Waals surface area contributed by atoms with Crippen LogP contribution in [-0.2, 0) is 4.79 Å². The fourth-order valence-corrected chi connectivity index (χ4v) is 3.60. The van der Waals surface area contributed by atoms with Gasteiger partial charge in [-0.25, -0.2) is 0 Å². The second kappa shape index (κ2) is 8.03. The number of hydrogen-bond acceptors (Lipinski definition) is 5. The maximum absolute atomic E-state index is 11.2. The summed E-state index contributed by atoms with van der Waals surface area (Å²) in [5.41, 5.74) is 2.96. The maximum Gasteiger partial charge on any atom is 1.00 e. The number of para-hydroxylation sites is 1. The fraction of sp³-hybridized carbons (Fsp3) is 0.111. The van der Waals surface area contributed by atoms with Gasteiger partial charge in [-0.05, 0) is 42.3 Å². The molecule has 2 aromatic rings. The summed E-state index contributed by atoms with van der Waals surface area (Å²) in [4.78, 5) is 17.5. The maximum atomic E-state index is 11.2. The molecule has 0 aromatic heterocycles. The first-order valence-electron chi connectivity index (χ1n) is 7.09. The van der Waals surface area contributed by atoms with Gasteiger partial charge in [-0.2, -0.15) is 0 Å². The summed E-state index contributed by atoms with van der Waals surface area (Å²) in [6.07, 6.45) is -0.202. The van der Waals surface area contributed by atoms with Crippen LogP contribution in [-0.4, -0.2) is 16.8 Å². The molecule has 0 aliphatic carbocycles. The predicted octanol–water partition coefficient (Wildman–Crippen LogP) is 0.146. The smallest absolute Gasteiger partial charge is 0.550 e. The Morgan fingerprint density at radius 3 is 2.50 bits per heavy atom. The molecule has 0 fully saturated rings. The number of phenols is 1. The minimum absolute atomic E-state index is 0. The van der Waals surface area contributed by atoms with E-state index in [0.29, 0.717) is 11.3 Å². The van der Waals surface area contributed by atoms with Crippen LogP contribution in [0.25, 0.3) is 4.91 Å². The van der Waals surface area contributed by atoms with Gasteiger partial charge in [0.2, 0.25) is 0 Å². The zero-order chi connectivity index (χ0) is 16.4. The predicted molar refractivity (Wildman–Crippen MR) is 89.7 cm³/mol. The van der Waals surface area contributed by atoms with Gasteiger partial charge in [0, 0.05) is 27.9 Å². The van der Waals surface area contributed by atoms with E-state index in [2.05, 4.69) is 4.99 Å². The fourth-order valence-electron chi connectivity index (χ4n) is 2.42. The van der Waals surface area contributed by atoms with Crippen molar-refractivity contribution in [2.75, 3.05) is 0 Å². The van der Waals surface area contributed by atoms with Crippen molar-refractivity contribution in [2.45, 2.75) is 18.2 Å². The number of rotatable bonds is 3. The Hall–Kier alpha value is -1.53. The van der Waals surface area contributed by atoms with Crippen molar-refractivity contribution in [1.29, 1.82) is 0 Å². The van der Waals surface area contributed by atoms with Crippen molar-refractivity contribution in [3.63, 3.8) is 0 Å². The molecule has 4 nitrogen and oxygen atoms in total. The third kappa shape index (κ3) is 4.11. The summed E-state index contributed by atoms with van der Waals surface area (Å²) in [6.45, 7) is 1.81. The third-order valence-electron chi connectivity index (χ3n) is 3.53. The number of nitrogens with zero attached hydrogens (tertiary/aromatic N) is 1. The van der Waals surface area contributed by atoms with Crippen molar-refractivity contribution in [2.24, 2.45) is 4.99 Å². The summed E-state index contributed by atoms with van der Waals surface area (Å²) in [5.74, 6) is -0.974. The van der Waals surface area contributed by atoms with E-state index in [1.165, 1.54) is 11.8 Å². The number of carboxylic acids is 1. The monoisotopic (exact) mass is 347 g/mol. The van der Waals surface area contributed by atoms with E-state index < -0.39 is 5.97 Å². The van der Waals surface area contributed by atoms with E-state index in [1.54, 1.807) is 31.2 Å².